The van der Waals surface area contributed by atoms with Gasteiger partial charge < -0.3 is 25.0 Å². The molecular weight excluding hydrogens is 624 g/mol. The van der Waals surface area contributed by atoms with Crippen molar-refractivity contribution in [1.82, 2.24) is 28.8 Å². The van der Waals surface area contributed by atoms with Crippen LogP contribution in [-0.4, -0.2) is 92.2 Å². The van der Waals surface area contributed by atoms with Gasteiger partial charge in [-0.3, -0.25) is 18.8 Å². The van der Waals surface area contributed by atoms with E-state index in [1.165, 1.54) is 11.7 Å². The number of rotatable bonds is 8. The predicted molar refractivity (Wildman–Crippen MR) is 184 cm³/mol. The van der Waals surface area contributed by atoms with Gasteiger partial charge in [0, 0.05) is 51.0 Å². The maximum absolute atomic E-state index is 14.1. The highest BCUT2D eigenvalue weighted by Crippen LogP contribution is 2.28. The minimum Gasteiger partial charge on any atom is -0.457 e. The first-order chi connectivity index (χ1) is 23.6. The maximum atomic E-state index is 14.1. The first-order valence-corrected chi connectivity index (χ1v) is 16.3. The summed E-state index contributed by atoms with van der Waals surface area (Å²) in [4.78, 5) is 49.7. The smallest absolute Gasteiger partial charge is 0.409 e. The third-order valence-electron chi connectivity index (χ3n) is 9.35. The molecule has 6 rings (SSSR count). The number of ether oxygens (including phenoxy) is 2. The number of piperazine rings is 1. The molecule has 0 saturated carbocycles. The number of nitrogens with zero attached hydrogens (tertiary/aromatic N) is 7. The van der Waals surface area contributed by atoms with Gasteiger partial charge in [0.05, 0.1) is 24.4 Å². The molecule has 0 spiro atoms. The second-order valence-electron chi connectivity index (χ2n) is 12.8. The number of hydrogen-bond acceptors (Lipinski definition) is 9. The van der Waals surface area contributed by atoms with E-state index in [0.29, 0.717) is 67.4 Å². The Bertz CT molecular complexity index is 1970. The van der Waals surface area contributed by atoms with Crippen LogP contribution in [0.4, 0.5) is 10.6 Å². The maximum Gasteiger partial charge on any atom is 0.409 e. The SMILES string of the molecule is COC(=O)N1CCN(C(C)(C)/C=C(\C#N)C(=O)N2CCC[C@H]2Cn2c(=O)n(-c3ccc(Oc4ccccc4)cc3)c3c(N)nccc32)CC1. The lowest BCUT2D eigenvalue weighted by Gasteiger charge is -2.42. The van der Waals surface area contributed by atoms with Crippen molar-refractivity contribution in [1.29, 1.82) is 5.26 Å². The lowest BCUT2D eigenvalue weighted by atomic mass is 9.97. The number of amides is 2. The molecule has 2 aliphatic rings. The van der Waals surface area contributed by atoms with Crippen LogP contribution in [0.2, 0.25) is 0 Å². The van der Waals surface area contributed by atoms with Gasteiger partial charge in [0.15, 0.2) is 0 Å². The van der Waals surface area contributed by atoms with Crippen molar-refractivity contribution in [2.45, 2.75) is 44.8 Å². The number of pyridine rings is 1. The molecule has 4 aromatic rings. The normalized spacial score (nSPS) is 17.3. The third kappa shape index (κ3) is 6.73. The lowest BCUT2D eigenvalue weighted by Crippen LogP contribution is -2.55. The number of carbonyl (C=O) groups excluding carboxylic acids is 2. The molecular formula is C36H40N8O5. The van der Waals surface area contributed by atoms with E-state index >= 15 is 0 Å². The molecule has 2 amide bonds. The van der Waals surface area contributed by atoms with Gasteiger partial charge in [-0.25, -0.2) is 14.6 Å². The zero-order chi connectivity index (χ0) is 34.7. The third-order valence-corrected chi connectivity index (χ3v) is 9.35. The Balaban J connectivity index is 1.24. The molecule has 0 radical (unpaired) electrons. The molecule has 4 heterocycles. The molecule has 13 heteroatoms. The molecule has 2 aromatic carbocycles. The Kier molecular flexibility index (Phi) is 9.42. The van der Waals surface area contributed by atoms with Crippen molar-refractivity contribution in [3.8, 4) is 23.3 Å². The number of imidazole rings is 1. The molecule has 2 saturated heterocycles. The van der Waals surface area contributed by atoms with Crippen LogP contribution in [0.3, 0.4) is 0 Å². The van der Waals surface area contributed by atoms with E-state index in [4.69, 9.17) is 15.2 Å². The summed E-state index contributed by atoms with van der Waals surface area (Å²) in [5.41, 5.74) is 7.15. The fourth-order valence-electron chi connectivity index (χ4n) is 6.77. The molecule has 49 heavy (non-hydrogen) atoms. The van der Waals surface area contributed by atoms with Crippen LogP contribution in [0.5, 0.6) is 11.5 Å². The lowest BCUT2D eigenvalue weighted by molar-refractivity contribution is -0.127. The number of aromatic nitrogens is 3. The van der Waals surface area contributed by atoms with Crippen molar-refractivity contribution in [3.05, 3.63) is 89.0 Å². The average Bonchev–Trinajstić information content (AvgIpc) is 3.70. The number of nitrogens with two attached hydrogens (primary N) is 1. The monoisotopic (exact) mass is 664 g/mol. The van der Waals surface area contributed by atoms with Crippen molar-refractivity contribution in [2.24, 2.45) is 0 Å². The van der Waals surface area contributed by atoms with Crippen LogP contribution in [-0.2, 0) is 16.1 Å². The van der Waals surface area contributed by atoms with Gasteiger partial charge in [0.1, 0.15) is 34.5 Å². The first kappa shape index (κ1) is 33.3. The summed E-state index contributed by atoms with van der Waals surface area (Å²) in [6, 6.07) is 20.2. The summed E-state index contributed by atoms with van der Waals surface area (Å²) in [6.45, 7) is 6.74. The zero-order valence-electron chi connectivity index (χ0n) is 27.9. The van der Waals surface area contributed by atoms with Gasteiger partial charge in [0.2, 0.25) is 0 Å². The quantitative estimate of drug-likeness (QED) is 0.216. The Morgan fingerprint density at radius 2 is 1.71 bits per heavy atom. The van der Waals surface area contributed by atoms with Gasteiger partial charge in [-0.1, -0.05) is 18.2 Å². The summed E-state index contributed by atoms with van der Waals surface area (Å²) in [7, 11) is 1.36. The Morgan fingerprint density at radius 1 is 1.02 bits per heavy atom. The highest BCUT2D eigenvalue weighted by Gasteiger charge is 2.35. The van der Waals surface area contributed by atoms with Crippen molar-refractivity contribution >= 4 is 28.9 Å². The molecule has 2 fully saturated rings. The summed E-state index contributed by atoms with van der Waals surface area (Å²) >= 11 is 0. The van der Waals surface area contributed by atoms with E-state index in [-0.39, 0.29) is 41.7 Å². The number of benzene rings is 2. The molecule has 13 nitrogen and oxygen atoms in total. The van der Waals surface area contributed by atoms with Gasteiger partial charge >= 0.3 is 11.8 Å². The minimum atomic E-state index is -0.616. The molecule has 0 unspecified atom stereocenters. The van der Waals surface area contributed by atoms with Crippen molar-refractivity contribution < 1.29 is 19.1 Å². The molecule has 254 valence electrons. The first-order valence-electron chi connectivity index (χ1n) is 16.3. The summed E-state index contributed by atoms with van der Waals surface area (Å²) in [6.07, 6.45) is 4.33. The zero-order valence-corrected chi connectivity index (χ0v) is 27.9. The Morgan fingerprint density at radius 3 is 2.39 bits per heavy atom. The van der Waals surface area contributed by atoms with Crippen LogP contribution < -0.4 is 16.2 Å². The van der Waals surface area contributed by atoms with Crippen LogP contribution in [0.1, 0.15) is 26.7 Å². The molecule has 2 N–H and O–H groups in total. The Labute approximate surface area is 284 Å². The number of fused-ring (bicyclic) bond motifs is 1. The van der Waals surface area contributed by atoms with E-state index in [2.05, 4.69) is 16.0 Å². The highest BCUT2D eigenvalue weighted by atomic mass is 16.5. The molecule has 0 aliphatic carbocycles. The summed E-state index contributed by atoms with van der Waals surface area (Å²) in [5.74, 6) is 1.16. The minimum absolute atomic E-state index is 0.0494. The van der Waals surface area contributed by atoms with E-state index in [1.54, 1.807) is 57.0 Å². The van der Waals surface area contributed by atoms with Crippen LogP contribution in [0.15, 0.2) is 83.3 Å². The fourth-order valence-corrected chi connectivity index (χ4v) is 6.77. The van der Waals surface area contributed by atoms with Gasteiger partial charge in [-0.05, 0) is 75.2 Å². The fraction of sp³-hybridized carbons (Fsp3) is 0.361. The second kappa shape index (κ2) is 13.9. The number of nitriles is 1. The molecule has 0 bridgehead atoms. The van der Waals surface area contributed by atoms with Crippen LogP contribution in [0, 0.1) is 11.3 Å². The van der Waals surface area contributed by atoms with E-state index < -0.39 is 5.54 Å². The van der Waals surface area contributed by atoms with Gasteiger partial charge in [-0.2, -0.15) is 5.26 Å². The van der Waals surface area contributed by atoms with E-state index in [0.717, 1.165) is 6.42 Å². The number of hydrogen-bond donors (Lipinski definition) is 1. The second-order valence-corrected chi connectivity index (χ2v) is 12.8. The number of likely N-dealkylation sites (tertiary alicyclic amines) is 1. The average molecular weight is 665 g/mol. The number of para-hydroxylation sites is 1. The van der Waals surface area contributed by atoms with Crippen LogP contribution >= 0.6 is 0 Å². The highest BCUT2D eigenvalue weighted by molar-refractivity contribution is 5.98. The summed E-state index contributed by atoms with van der Waals surface area (Å²) in [5, 5.41) is 10.1. The topological polar surface area (TPSA) is 152 Å². The van der Waals surface area contributed by atoms with Gasteiger partial charge in [-0.15, -0.1) is 0 Å². The number of anilines is 1. The Hall–Kier alpha value is -5.61. The molecule has 2 aliphatic heterocycles. The largest absolute Gasteiger partial charge is 0.457 e. The predicted octanol–water partition coefficient (Wildman–Crippen LogP) is 4.17. The molecule has 1 atom stereocenters. The summed E-state index contributed by atoms with van der Waals surface area (Å²) < 4.78 is 13.9. The number of carbonyl (C=O) groups is 2. The molecule has 2 aromatic heterocycles. The number of methoxy groups -OCH3 is 1. The number of nitrogen functional groups attached to an aromatic ring is 1. The van der Waals surface area contributed by atoms with E-state index in [9.17, 15) is 19.6 Å². The van der Waals surface area contributed by atoms with Crippen molar-refractivity contribution in [2.75, 3.05) is 45.6 Å². The van der Waals surface area contributed by atoms with Crippen molar-refractivity contribution in [3.63, 3.8) is 0 Å². The van der Waals surface area contributed by atoms with E-state index in [1.807, 2.05) is 44.2 Å². The van der Waals surface area contributed by atoms with Crippen LogP contribution in [0.25, 0.3) is 16.7 Å². The standard InChI is InChI=1S/C36H40N8O5/c1-36(2,41-20-18-40(19-21-41)35(47)48-3)22-25(23-37)33(45)42-17-7-8-27(42)24-43-30-15-16-39-32(38)31(30)44(34(43)46)26-11-13-29(14-12-26)49-28-9-5-4-6-10-28/h4-6,9-16,22,27H,7-8,17-21,24H2,1-3H3,(H2,38,39)/b25-22+/t27-/m0/s1. The van der Waals surface area contributed by atoms with Gasteiger partial charge in [0.25, 0.3) is 5.91 Å².